The number of rotatable bonds is 7. The van der Waals surface area contributed by atoms with E-state index >= 15 is 0 Å². The monoisotopic (exact) mass is 1050 g/mol. The van der Waals surface area contributed by atoms with E-state index in [0.29, 0.717) is 63.4 Å². The molecule has 16 heteroatoms. The SMILES string of the molecule is CC.COC1CC2CCC(C)C(O)(O2)C(=O)C(=O)N2CCCCC2C(=O)OC(C(C)CC2CCC(O)C(OC)C2)CC(=O)C(C)/C=C(\C)C(O)C(OC)C(=O)C(C)CC(C)C2C=CC(C=C1C)ON2c1ccccc1. The maximum Gasteiger partial charge on any atom is 0.329 e. The third kappa shape index (κ3) is 15.3. The second-order valence-electron chi connectivity index (χ2n) is 21.9. The summed E-state index contributed by atoms with van der Waals surface area (Å²) < 4.78 is 29.9. The number of fused-ring (bicyclic) bond motifs is 16. The van der Waals surface area contributed by atoms with Crippen LogP contribution in [0.15, 0.2) is 65.8 Å². The second-order valence-corrected chi connectivity index (χ2v) is 21.9. The summed E-state index contributed by atoms with van der Waals surface area (Å²) in [4.78, 5) is 79.7. The number of aliphatic hydroxyl groups excluding tert-OH is 2. The highest BCUT2D eigenvalue weighted by Gasteiger charge is 2.53. The summed E-state index contributed by atoms with van der Waals surface area (Å²) in [6.07, 6.45) is 6.48. The number of Topliss-reactive ketones (excluding diaryl/α,β-unsaturated/α-hetero) is 3. The third-order valence-corrected chi connectivity index (χ3v) is 16.5. The molecule has 1 aromatic carbocycles. The molecule has 1 saturated carbocycles. The Hall–Kier alpha value is -4.13. The number of hydroxylamine groups is 1. The maximum absolute atomic E-state index is 14.5. The van der Waals surface area contributed by atoms with Gasteiger partial charge in [0, 0.05) is 58.5 Å². The number of carbonyl (C=O) groups excluding carboxylic acids is 5. The highest BCUT2D eigenvalue weighted by molar-refractivity contribution is 6.39. The van der Waals surface area contributed by atoms with Crippen molar-refractivity contribution in [2.45, 2.75) is 206 Å². The van der Waals surface area contributed by atoms with Crippen LogP contribution in [-0.4, -0.2) is 144 Å². The standard InChI is InChI=1S/C57H84N2O14.C2H6/c1-33-26-37(5)51(62)53(70-10)52(63)38(6)27-34(2)47(61)32-49(35(3)28-40-20-24-46(60)50(30-40)69-9)71-56(66)45-18-14-15-25-58(45)55(65)54(64)57(67)39(7)19-21-42(72-57)31-48(68-8)36(4)29-43-22-23-44(33)59(73-43)41-16-12-11-13-17-41;1-2/h11-13,16-17,22-23,27,29,33-35,37,39-40,42-46,48-50,52-53,60,63,67H,14-15,18-21,24-26,28,30-32H2,1-10H3;1-2H3/b36-29?,38-27+;. The summed E-state index contributed by atoms with van der Waals surface area (Å²) in [5, 5.41) is 36.2. The molecule has 0 spiro atoms. The van der Waals surface area contributed by atoms with Crippen LogP contribution >= 0.6 is 0 Å². The molecule has 0 aromatic heterocycles. The Morgan fingerprint density at radius 2 is 1.52 bits per heavy atom. The molecule has 7 rings (SSSR count). The van der Waals surface area contributed by atoms with Gasteiger partial charge in [0.15, 0.2) is 5.78 Å². The van der Waals surface area contributed by atoms with Crippen molar-refractivity contribution in [2.24, 2.45) is 35.5 Å². The van der Waals surface area contributed by atoms with Gasteiger partial charge in [0.2, 0.25) is 5.79 Å². The predicted octanol–water partition coefficient (Wildman–Crippen LogP) is 7.84. The van der Waals surface area contributed by atoms with E-state index in [1.54, 1.807) is 41.1 Å². The summed E-state index contributed by atoms with van der Waals surface area (Å²) >= 11 is 0. The number of esters is 1. The molecule has 17 atom stereocenters. The van der Waals surface area contributed by atoms with Crippen LogP contribution in [0.2, 0.25) is 0 Å². The molecule has 5 aliphatic heterocycles. The molecule has 4 bridgehead atoms. The number of allylic oxidation sites excluding steroid dienone is 1. The van der Waals surface area contributed by atoms with Crippen molar-refractivity contribution in [1.82, 2.24) is 4.90 Å². The molecular formula is C59H90N2O14. The van der Waals surface area contributed by atoms with Gasteiger partial charge in [-0.1, -0.05) is 84.9 Å². The second kappa shape index (κ2) is 28.5. The molecule has 3 fully saturated rings. The van der Waals surface area contributed by atoms with E-state index in [9.17, 15) is 39.3 Å². The zero-order valence-electron chi connectivity index (χ0n) is 46.9. The van der Waals surface area contributed by atoms with Crippen LogP contribution in [0.1, 0.15) is 139 Å². The number of amides is 1. The first-order valence-corrected chi connectivity index (χ1v) is 27.7. The number of nitrogens with zero attached hydrogens (tertiary/aromatic N) is 2. The number of methoxy groups -OCH3 is 3. The molecule has 0 radical (unpaired) electrons. The molecule has 5 heterocycles. The van der Waals surface area contributed by atoms with E-state index in [4.69, 9.17) is 28.5 Å². The summed E-state index contributed by atoms with van der Waals surface area (Å²) in [6.45, 7) is 16.8. The van der Waals surface area contributed by atoms with E-state index in [-0.39, 0.29) is 67.3 Å². The Morgan fingerprint density at radius 3 is 2.19 bits per heavy atom. The zero-order chi connectivity index (χ0) is 55.3. The van der Waals surface area contributed by atoms with Gasteiger partial charge in [-0.15, -0.1) is 0 Å². The van der Waals surface area contributed by atoms with Crippen LogP contribution in [0, 0.1) is 35.5 Å². The fourth-order valence-corrected chi connectivity index (χ4v) is 11.8. The summed E-state index contributed by atoms with van der Waals surface area (Å²) in [5.41, 5.74) is 2.00. The number of piperidine rings is 1. The number of hydrogen-bond donors (Lipinski definition) is 3. The number of aliphatic hydroxyl groups is 3. The lowest BCUT2D eigenvalue weighted by atomic mass is 9.78. The number of anilines is 1. The van der Waals surface area contributed by atoms with Gasteiger partial charge in [0.05, 0.1) is 36.1 Å². The lowest BCUT2D eigenvalue weighted by Crippen LogP contribution is -2.61. The normalized spacial score (nSPS) is 37.6. The van der Waals surface area contributed by atoms with Gasteiger partial charge >= 0.3 is 5.97 Å². The molecule has 3 N–H and O–H groups in total. The van der Waals surface area contributed by atoms with Crippen LogP contribution in [0.5, 0.6) is 0 Å². The first kappa shape index (κ1) is 61.7. The van der Waals surface area contributed by atoms with Crippen LogP contribution in [0.3, 0.4) is 0 Å². The summed E-state index contributed by atoms with van der Waals surface area (Å²) in [7, 11) is 4.53. The van der Waals surface area contributed by atoms with Crippen LogP contribution in [0.4, 0.5) is 5.69 Å². The first-order chi connectivity index (χ1) is 35.7. The van der Waals surface area contributed by atoms with E-state index in [0.717, 1.165) is 11.3 Å². The van der Waals surface area contributed by atoms with Crippen molar-refractivity contribution in [3.05, 3.63) is 65.8 Å². The topological polar surface area (TPSA) is 208 Å². The minimum atomic E-state index is -2.47. The molecule has 1 aliphatic carbocycles. The number of benzene rings is 1. The lowest BCUT2D eigenvalue weighted by molar-refractivity contribution is -0.265. The molecule has 16 nitrogen and oxygen atoms in total. The third-order valence-electron chi connectivity index (χ3n) is 16.5. The van der Waals surface area contributed by atoms with Gasteiger partial charge in [0.25, 0.3) is 11.7 Å². The molecular weight excluding hydrogens is 961 g/mol. The lowest BCUT2D eigenvalue weighted by Gasteiger charge is -2.43. The average Bonchev–Trinajstić information content (AvgIpc) is 3.41. The van der Waals surface area contributed by atoms with Gasteiger partial charge in [0.1, 0.15) is 36.2 Å². The van der Waals surface area contributed by atoms with Crippen LogP contribution < -0.4 is 5.06 Å². The Balaban J connectivity index is 0.00000514. The van der Waals surface area contributed by atoms with Gasteiger partial charge in [-0.05, 0) is 125 Å². The number of carbonyl (C=O) groups is 5. The molecule has 75 heavy (non-hydrogen) atoms. The van der Waals surface area contributed by atoms with Crippen LogP contribution in [-0.2, 0) is 52.5 Å². The number of hydrogen-bond acceptors (Lipinski definition) is 15. The first-order valence-electron chi connectivity index (χ1n) is 27.7. The maximum atomic E-state index is 14.5. The van der Waals surface area contributed by atoms with Crippen molar-refractivity contribution in [1.29, 1.82) is 0 Å². The molecule has 6 aliphatic rings. The van der Waals surface area contributed by atoms with Gasteiger partial charge in [-0.25, -0.2) is 9.86 Å². The highest BCUT2D eigenvalue weighted by Crippen LogP contribution is 2.39. The van der Waals surface area contributed by atoms with Crippen molar-refractivity contribution < 1.29 is 67.8 Å². The largest absolute Gasteiger partial charge is 0.460 e. The number of ketones is 3. The summed E-state index contributed by atoms with van der Waals surface area (Å²) in [6, 6.07) is 8.24. The zero-order valence-corrected chi connectivity index (χ0v) is 46.9. The quantitative estimate of drug-likeness (QED) is 0.135. The smallest absolute Gasteiger partial charge is 0.329 e. The predicted molar refractivity (Wildman–Crippen MR) is 285 cm³/mol. The number of ether oxygens (including phenoxy) is 5. The molecule has 1 aromatic rings. The molecule has 420 valence electrons. The van der Waals surface area contributed by atoms with Gasteiger partial charge in [-0.2, -0.15) is 0 Å². The van der Waals surface area contributed by atoms with Crippen LogP contribution in [0.25, 0.3) is 0 Å². The fourth-order valence-electron chi connectivity index (χ4n) is 11.8. The highest BCUT2D eigenvalue weighted by atomic mass is 16.7. The van der Waals surface area contributed by atoms with Crippen molar-refractivity contribution >= 4 is 34.9 Å². The Kier molecular flexibility index (Phi) is 23.4. The van der Waals surface area contributed by atoms with E-state index < -0.39 is 90.0 Å². The Bertz CT molecular complexity index is 2150. The van der Waals surface area contributed by atoms with E-state index in [1.807, 2.05) is 82.2 Å². The fraction of sp³-hybridized carbons (Fsp3) is 0.712. The van der Waals surface area contributed by atoms with Crippen molar-refractivity contribution in [3.8, 4) is 0 Å². The summed E-state index contributed by atoms with van der Waals surface area (Å²) in [5.74, 6) is -8.42. The van der Waals surface area contributed by atoms with E-state index in [2.05, 4.69) is 13.0 Å². The number of para-hydroxylation sites is 1. The minimum Gasteiger partial charge on any atom is -0.460 e. The van der Waals surface area contributed by atoms with Gasteiger partial charge in [-0.3, -0.25) is 24.0 Å². The molecule has 17 unspecified atom stereocenters. The Morgan fingerprint density at radius 1 is 0.813 bits per heavy atom. The Labute approximate surface area is 446 Å². The minimum absolute atomic E-state index is 0.0716. The van der Waals surface area contributed by atoms with Crippen molar-refractivity contribution in [3.63, 3.8) is 0 Å². The van der Waals surface area contributed by atoms with Crippen molar-refractivity contribution in [2.75, 3.05) is 32.9 Å². The average molecular weight is 1050 g/mol. The van der Waals surface area contributed by atoms with E-state index in [1.165, 1.54) is 12.0 Å². The van der Waals surface area contributed by atoms with Gasteiger partial charge < -0.3 is 43.9 Å². The molecule has 1 amide bonds. The molecule has 2 saturated heterocycles.